The van der Waals surface area contributed by atoms with Crippen molar-refractivity contribution in [1.82, 2.24) is 14.5 Å². The second-order valence-corrected chi connectivity index (χ2v) is 10.6. The van der Waals surface area contributed by atoms with Crippen LogP contribution in [0.1, 0.15) is 25.8 Å². The first-order valence-electron chi connectivity index (χ1n) is 10.1. The Morgan fingerprint density at radius 1 is 1.31 bits per heavy atom. The molecule has 3 aliphatic rings. The molecule has 3 fully saturated rings. The molecule has 4 rings (SSSR count). The van der Waals surface area contributed by atoms with Gasteiger partial charge in [-0.05, 0) is 44.4 Å². The van der Waals surface area contributed by atoms with Gasteiger partial charge in [0.1, 0.15) is 16.6 Å². The molecular formula is C20H29N3O5S. The van der Waals surface area contributed by atoms with Crippen LogP contribution in [0.5, 0.6) is 5.75 Å². The molecule has 1 spiro atoms. The number of likely N-dealkylation sites (tertiary alicyclic amines) is 1. The number of nitrogens with one attached hydrogen (secondary N) is 1. The van der Waals surface area contributed by atoms with Gasteiger partial charge in [0.15, 0.2) is 0 Å². The number of benzene rings is 1. The number of urea groups is 1. The summed E-state index contributed by atoms with van der Waals surface area (Å²) in [7, 11) is -1.84. The summed E-state index contributed by atoms with van der Waals surface area (Å²) in [5, 5.41) is 2.33. The summed E-state index contributed by atoms with van der Waals surface area (Å²) in [6, 6.07) is 7.53. The largest absolute Gasteiger partial charge is 0.497 e. The highest BCUT2D eigenvalue weighted by Crippen LogP contribution is 2.46. The minimum absolute atomic E-state index is 0.0320. The molecule has 3 heterocycles. The predicted octanol–water partition coefficient (Wildman–Crippen LogP) is 1.21. The standard InChI is InChI=1S/C20H29N3O5S/c1-14(2)21-19(24)22-11-17-10-18-20(12-22,28-17)13-23(29(18,25)26)9-8-15-4-6-16(27-3)7-5-15/h4-7,14,17-18H,8-13H2,1-3H3,(H,21,24)/t17-,18+,20+/m0/s1. The van der Waals surface area contributed by atoms with Gasteiger partial charge in [0, 0.05) is 25.7 Å². The van der Waals surface area contributed by atoms with E-state index < -0.39 is 20.9 Å². The number of fused-ring (bicyclic) bond motifs is 1. The van der Waals surface area contributed by atoms with Gasteiger partial charge in [0.25, 0.3) is 0 Å². The molecule has 29 heavy (non-hydrogen) atoms. The molecule has 1 aromatic rings. The lowest BCUT2D eigenvalue weighted by molar-refractivity contribution is -0.0955. The zero-order valence-electron chi connectivity index (χ0n) is 17.1. The topological polar surface area (TPSA) is 88.2 Å². The Bertz CT molecular complexity index is 873. The Morgan fingerprint density at radius 3 is 2.69 bits per heavy atom. The second kappa shape index (κ2) is 7.45. The van der Waals surface area contributed by atoms with Crippen molar-refractivity contribution in [3.05, 3.63) is 29.8 Å². The summed E-state index contributed by atoms with van der Waals surface area (Å²) in [4.78, 5) is 14.2. The molecule has 0 aromatic heterocycles. The fraction of sp³-hybridized carbons (Fsp3) is 0.650. The van der Waals surface area contributed by atoms with Crippen LogP contribution in [0.15, 0.2) is 24.3 Å². The van der Waals surface area contributed by atoms with Gasteiger partial charge < -0.3 is 19.7 Å². The third-order valence-electron chi connectivity index (χ3n) is 6.02. The van der Waals surface area contributed by atoms with E-state index in [4.69, 9.17) is 9.47 Å². The molecule has 8 nitrogen and oxygen atoms in total. The van der Waals surface area contributed by atoms with E-state index in [1.807, 2.05) is 38.1 Å². The average Bonchev–Trinajstić information content (AvgIpc) is 3.05. The number of carbonyl (C=O) groups excluding carboxylic acids is 1. The van der Waals surface area contributed by atoms with Gasteiger partial charge in [0.2, 0.25) is 10.0 Å². The van der Waals surface area contributed by atoms with Crippen LogP contribution >= 0.6 is 0 Å². The van der Waals surface area contributed by atoms with Crippen LogP contribution in [0.25, 0.3) is 0 Å². The summed E-state index contributed by atoms with van der Waals surface area (Å²) in [6.45, 7) is 5.28. The van der Waals surface area contributed by atoms with Crippen molar-refractivity contribution in [2.24, 2.45) is 0 Å². The highest BCUT2D eigenvalue weighted by atomic mass is 32.2. The van der Waals surface area contributed by atoms with Crippen molar-refractivity contribution in [2.45, 2.75) is 49.7 Å². The highest BCUT2D eigenvalue weighted by Gasteiger charge is 2.65. The van der Waals surface area contributed by atoms with Crippen LogP contribution in [-0.2, 0) is 21.2 Å². The molecule has 1 aromatic carbocycles. The fourth-order valence-corrected chi connectivity index (χ4v) is 7.00. The number of carbonyl (C=O) groups is 1. The Labute approximate surface area is 172 Å². The van der Waals surface area contributed by atoms with E-state index in [0.717, 1.165) is 11.3 Å². The minimum Gasteiger partial charge on any atom is -0.497 e. The van der Waals surface area contributed by atoms with Crippen molar-refractivity contribution in [2.75, 3.05) is 33.3 Å². The van der Waals surface area contributed by atoms with Crippen molar-refractivity contribution in [3.8, 4) is 5.75 Å². The van der Waals surface area contributed by atoms with E-state index in [0.29, 0.717) is 39.0 Å². The first kappa shape index (κ1) is 20.4. The lowest BCUT2D eigenvalue weighted by Crippen LogP contribution is -2.58. The highest BCUT2D eigenvalue weighted by molar-refractivity contribution is 7.90. The van der Waals surface area contributed by atoms with E-state index in [1.165, 1.54) is 0 Å². The number of nitrogens with zero attached hydrogens (tertiary/aromatic N) is 2. The molecule has 0 aliphatic carbocycles. The van der Waals surface area contributed by atoms with Crippen LogP contribution in [0.3, 0.4) is 0 Å². The summed E-state index contributed by atoms with van der Waals surface area (Å²) >= 11 is 0. The van der Waals surface area contributed by atoms with Gasteiger partial charge in [0.05, 0.1) is 19.8 Å². The van der Waals surface area contributed by atoms with Gasteiger partial charge >= 0.3 is 6.03 Å². The summed E-state index contributed by atoms with van der Waals surface area (Å²) < 4.78 is 39.3. The minimum atomic E-state index is -3.46. The second-order valence-electron chi connectivity index (χ2n) is 8.49. The number of hydrogen-bond acceptors (Lipinski definition) is 5. The molecule has 9 heteroatoms. The van der Waals surface area contributed by atoms with Gasteiger partial charge in [-0.3, -0.25) is 0 Å². The third-order valence-corrected chi connectivity index (χ3v) is 8.39. The van der Waals surface area contributed by atoms with E-state index in [2.05, 4.69) is 5.32 Å². The molecule has 1 N–H and O–H groups in total. The number of amides is 2. The molecule has 0 unspecified atom stereocenters. The van der Waals surface area contributed by atoms with Crippen LogP contribution < -0.4 is 10.1 Å². The van der Waals surface area contributed by atoms with Crippen LogP contribution in [-0.4, -0.2) is 79.9 Å². The van der Waals surface area contributed by atoms with Crippen molar-refractivity contribution >= 4 is 16.1 Å². The molecule has 3 atom stereocenters. The van der Waals surface area contributed by atoms with Gasteiger partial charge in [-0.15, -0.1) is 0 Å². The predicted molar refractivity (Wildman–Crippen MR) is 108 cm³/mol. The van der Waals surface area contributed by atoms with E-state index in [9.17, 15) is 13.2 Å². The molecule has 2 bridgehead atoms. The summed E-state index contributed by atoms with van der Waals surface area (Å²) in [6.07, 6.45) is 0.852. The van der Waals surface area contributed by atoms with Crippen LogP contribution in [0, 0.1) is 0 Å². The van der Waals surface area contributed by atoms with Crippen LogP contribution in [0.2, 0.25) is 0 Å². The summed E-state index contributed by atoms with van der Waals surface area (Å²) in [5.74, 6) is 0.775. The lowest BCUT2D eigenvalue weighted by Gasteiger charge is -2.39. The lowest BCUT2D eigenvalue weighted by atomic mass is 9.99. The first-order valence-corrected chi connectivity index (χ1v) is 11.6. The van der Waals surface area contributed by atoms with Crippen LogP contribution in [0.4, 0.5) is 4.79 Å². The Kier molecular flexibility index (Phi) is 5.25. The molecule has 160 valence electrons. The zero-order chi connectivity index (χ0) is 20.8. The van der Waals surface area contributed by atoms with E-state index >= 15 is 0 Å². The maximum Gasteiger partial charge on any atom is 0.317 e. The number of sulfonamides is 1. The van der Waals surface area contributed by atoms with Gasteiger partial charge in [-0.25, -0.2) is 13.2 Å². The molecule has 3 saturated heterocycles. The molecule has 0 radical (unpaired) electrons. The zero-order valence-corrected chi connectivity index (χ0v) is 17.9. The van der Waals surface area contributed by atoms with Crippen molar-refractivity contribution in [3.63, 3.8) is 0 Å². The normalized spacial score (nSPS) is 30.4. The quantitative estimate of drug-likeness (QED) is 0.769. The maximum atomic E-state index is 13.2. The average molecular weight is 424 g/mol. The molecule has 0 saturated carbocycles. The molecule has 2 amide bonds. The smallest absolute Gasteiger partial charge is 0.317 e. The number of methoxy groups -OCH3 is 1. The SMILES string of the molecule is COc1ccc(CCN2C[C@]34CN(C(=O)NC(C)C)C[C@H](C[C@H]3S2(=O)=O)O4)cc1. The Morgan fingerprint density at radius 2 is 2.03 bits per heavy atom. The Hall–Kier alpha value is -1.84. The monoisotopic (exact) mass is 423 g/mol. The molecule has 3 aliphatic heterocycles. The van der Waals surface area contributed by atoms with E-state index in [1.54, 1.807) is 16.3 Å². The number of ether oxygens (including phenoxy) is 2. The first-order chi connectivity index (χ1) is 13.7. The number of rotatable bonds is 5. The maximum absolute atomic E-state index is 13.2. The molecular weight excluding hydrogens is 394 g/mol. The van der Waals surface area contributed by atoms with Crippen molar-refractivity contribution < 1.29 is 22.7 Å². The number of hydrogen-bond donors (Lipinski definition) is 1. The number of morpholine rings is 1. The fourth-order valence-electron chi connectivity index (χ4n) is 4.69. The van der Waals surface area contributed by atoms with Gasteiger partial charge in [-0.1, -0.05) is 12.1 Å². The summed E-state index contributed by atoms with van der Waals surface area (Å²) in [5.41, 5.74) is 0.228. The van der Waals surface area contributed by atoms with E-state index in [-0.39, 0.29) is 18.2 Å². The Balaban J connectivity index is 1.47. The van der Waals surface area contributed by atoms with Gasteiger partial charge in [-0.2, -0.15) is 4.31 Å². The third kappa shape index (κ3) is 3.71. The van der Waals surface area contributed by atoms with Crippen molar-refractivity contribution in [1.29, 1.82) is 0 Å².